The average Bonchev–Trinajstić information content (AvgIpc) is 1.62. The van der Waals surface area contributed by atoms with Gasteiger partial charge < -0.3 is 4.55 Å². The molecule has 0 aliphatic rings. The van der Waals surface area contributed by atoms with Crippen molar-refractivity contribution < 1.29 is 8.76 Å². The van der Waals surface area contributed by atoms with E-state index in [1.165, 1.54) is 0 Å². The summed E-state index contributed by atoms with van der Waals surface area (Å²) in [7, 11) is 0. The summed E-state index contributed by atoms with van der Waals surface area (Å²) in [6, 6.07) is 0. The summed E-state index contributed by atoms with van der Waals surface area (Å²) in [5.74, 6) is 0. The predicted octanol–water partition coefficient (Wildman–Crippen LogP) is 2.77. The minimum atomic E-state index is -1.90. The maximum Gasteiger partial charge on any atom is 0.170 e. The van der Waals surface area contributed by atoms with Crippen LogP contribution in [0.2, 0.25) is 0 Å². The molecule has 0 radical (unpaired) electrons. The molecular weight excluding hydrogens is 408 g/mol. The first kappa shape index (κ1) is 11.0. The molecular formula is C2H2Br4O2S. The van der Waals surface area contributed by atoms with Gasteiger partial charge in [0.25, 0.3) is 0 Å². The van der Waals surface area contributed by atoms with E-state index in [0.29, 0.717) is 0 Å². The highest BCUT2D eigenvalue weighted by Crippen LogP contribution is 2.41. The molecule has 2 atom stereocenters. The SMILES string of the molecule is O=S(O)C(Br)C(Br)(Br)Br. The monoisotopic (exact) mass is 406 g/mol. The van der Waals surface area contributed by atoms with Crippen molar-refractivity contribution in [3.63, 3.8) is 0 Å². The minimum absolute atomic E-state index is 0.593. The quantitative estimate of drug-likeness (QED) is 0.534. The molecule has 7 heteroatoms. The van der Waals surface area contributed by atoms with Crippen molar-refractivity contribution in [1.82, 2.24) is 0 Å². The fraction of sp³-hybridized carbons (Fsp3) is 1.00. The van der Waals surface area contributed by atoms with Crippen LogP contribution in [0.15, 0.2) is 0 Å². The molecule has 0 aliphatic heterocycles. The van der Waals surface area contributed by atoms with Crippen molar-refractivity contribution in [2.75, 3.05) is 0 Å². The summed E-state index contributed by atoms with van der Waals surface area (Å²) in [5, 5.41) is 0. The summed E-state index contributed by atoms with van der Waals surface area (Å²) in [6.07, 6.45) is 0. The topological polar surface area (TPSA) is 37.3 Å². The van der Waals surface area contributed by atoms with E-state index in [2.05, 4.69) is 63.7 Å². The second-order valence-electron chi connectivity index (χ2n) is 1.13. The fourth-order valence-corrected chi connectivity index (χ4v) is 1.78. The van der Waals surface area contributed by atoms with Gasteiger partial charge in [0, 0.05) is 0 Å². The molecule has 1 N–H and O–H groups in total. The first-order valence-corrected chi connectivity index (χ1v) is 6.12. The van der Waals surface area contributed by atoms with E-state index >= 15 is 0 Å². The zero-order chi connectivity index (χ0) is 7.65. The van der Waals surface area contributed by atoms with Gasteiger partial charge in [-0.3, -0.25) is 0 Å². The van der Waals surface area contributed by atoms with Gasteiger partial charge in [0.2, 0.25) is 0 Å². The van der Waals surface area contributed by atoms with E-state index in [9.17, 15) is 4.21 Å². The second-order valence-corrected chi connectivity index (χ2v) is 10.6. The van der Waals surface area contributed by atoms with Crippen LogP contribution in [0.4, 0.5) is 0 Å². The lowest BCUT2D eigenvalue weighted by atomic mass is 11.0. The molecule has 2 nitrogen and oxygen atoms in total. The third-order valence-corrected chi connectivity index (χ3v) is 6.91. The highest BCUT2D eigenvalue weighted by Gasteiger charge is 2.32. The second kappa shape index (κ2) is 4.15. The molecule has 0 aromatic carbocycles. The number of alkyl halides is 4. The summed E-state index contributed by atoms with van der Waals surface area (Å²) in [5.41, 5.74) is 0. The first-order valence-electron chi connectivity index (χ1n) is 1.66. The zero-order valence-electron chi connectivity index (χ0n) is 3.85. The number of hydrogen-bond donors (Lipinski definition) is 1. The van der Waals surface area contributed by atoms with E-state index in [0.717, 1.165) is 0 Å². The van der Waals surface area contributed by atoms with E-state index in [1.807, 2.05) is 0 Å². The Morgan fingerprint density at radius 2 is 1.78 bits per heavy atom. The number of halogens is 4. The van der Waals surface area contributed by atoms with Gasteiger partial charge in [0.15, 0.2) is 17.4 Å². The van der Waals surface area contributed by atoms with Gasteiger partial charge >= 0.3 is 0 Å². The Bertz CT molecular complexity index is 120. The van der Waals surface area contributed by atoms with Crippen LogP contribution in [0.5, 0.6) is 0 Å². The Morgan fingerprint density at radius 1 is 1.44 bits per heavy atom. The summed E-state index contributed by atoms with van der Waals surface area (Å²) >= 11 is 10.3. The van der Waals surface area contributed by atoms with Gasteiger partial charge in [-0.2, -0.15) is 0 Å². The number of rotatable bonds is 1. The van der Waals surface area contributed by atoms with Gasteiger partial charge in [-0.25, -0.2) is 4.21 Å². The number of hydrogen-bond acceptors (Lipinski definition) is 1. The highest BCUT2D eigenvalue weighted by molar-refractivity contribution is 9.40. The van der Waals surface area contributed by atoms with Crippen LogP contribution in [0.3, 0.4) is 0 Å². The normalized spacial score (nSPS) is 19.2. The summed E-state index contributed by atoms with van der Waals surface area (Å²) in [6.45, 7) is 0. The van der Waals surface area contributed by atoms with Crippen molar-refractivity contribution >= 4 is 74.8 Å². The molecule has 0 bridgehead atoms. The van der Waals surface area contributed by atoms with E-state index in [1.54, 1.807) is 0 Å². The Balaban J connectivity index is 4.04. The zero-order valence-corrected chi connectivity index (χ0v) is 11.0. The Kier molecular flexibility index (Phi) is 5.09. The molecule has 0 rings (SSSR count). The molecule has 0 amide bonds. The van der Waals surface area contributed by atoms with Crippen molar-refractivity contribution in [2.24, 2.45) is 0 Å². The molecule has 0 spiro atoms. The Hall–Kier alpha value is 2.03. The van der Waals surface area contributed by atoms with Crippen LogP contribution in [0.1, 0.15) is 0 Å². The summed E-state index contributed by atoms with van der Waals surface area (Å²) in [4.78, 5) is 0. The molecule has 0 saturated carbocycles. The van der Waals surface area contributed by atoms with Crippen molar-refractivity contribution in [3.8, 4) is 0 Å². The fourth-order valence-electron chi connectivity index (χ4n) is 0.114. The third-order valence-electron chi connectivity index (χ3n) is 0.434. The maximum absolute atomic E-state index is 10.3. The Labute approximate surface area is 89.0 Å². The van der Waals surface area contributed by atoms with Crippen LogP contribution in [-0.4, -0.2) is 15.1 Å². The molecule has 0 heterocycles. The average molecular weight is 410 g/mol. The van der Waals surface area contributed by atoms with E-state index in [4.69, 9.17) is 4.55 Å². The predicted molar refractivity (Wildman–Crippen MR) is 53.0 cm³/mol. The summed E-state index contributed by atoms with van der Waals surface area (Å²) < 4.78 is 17.5. The molecule has 0 aliphatic carbocycles. The van der Waals surface area contributed by atoms with E-state index < -0.39 is 17.4 Å². The van der Waals surface area contributed by atoms with Gasteiger partial charge in [-0.05, 0) is 0 Å². The molecule has 0 aromatic rings. The smallest absolute Gasteiger partial charge is 0.170 e. The van der Waals surface area contributed by atoms with Crippen LogP contribution < -0.4 is 0 Å². The maximum atomic E-state index is 10.3. The lowest BCUT2D eigenvalue weighted by Crippen LogP contribution is -2.21. The standard InChI is InChI=1S/C2H2Br4O2S/c3-1(9(7)8)2(4,5)6/h1H,(H,7,8). The molecule has 0 fully saturated rings. The highest BCUT2D eigenvalue weighted by atomic mass is 80.0. The van der Waals surface area contributed by atoms with Crippen molar-refractivity contribution in [1.29, 1.82) is 0 Å². The largest absolute Gasteiger partial charge is 0.305 e. The van der Waals surface area contributed by atoms with Gasteiger partial charge in [0.1, 0.15) is 0 Å². The lowest BCUT2D eigenvalue weighted by Gasteiger charge is -2.14. The van der Waals surface area contributed by atoms with Gasteiger partial charge in [-0.1, -0.05) is 63.7 Å². The van der Waals surface area contributed by atoms with Gasteiger partial charge in [0.05, 0.1) is 0 Å². The van der Waals surface area contributed by atoms with Crippen molar-refractivity contribution in [2.45, 2.75) is 6.30 Å². The Morgan fingerprint density at radius 3 is 1.78 bits per heavy atom. The minimum Gasteiger partial charge on any atom is -0.305 e. The van der Waals surface area contributed by atoms with Crippen molar-refractivity contribution in [3.05, 3.63) is 0 Å². The van der Waals surface area contributed by atoms with Crippen LogP contribution in [-0.2, 0) is 11.1 Å². The van der Waals surface area contributed by atoms with Crippen LogP contribution in [0, 0.1) is 0 Å². The molecule has 0 saturated heterocycles. The van der Waals surface area contributed by atoms with Crippen LogP contribution in [0.25, 0.3) is 0 Å². The molecule has 2 unspecified atom stereocenters. The lowest BCUT2D eigenvalue weighted by molar-refractivity contribution is 0.563. The first-order chi connectivity index (χ1) is 3.85. The molecule has 0 aromatic heterocycles. The third kappa shape index (κ3) is 4.47. The van der Waals surface area contributed by atoms with E-state index in [-0.39, 0.29) is 0 Å². The molecule has 9 heavy (non-hydrogen) atoms. The molecule has 56 valence electrons. The van der Waals surface area contributed by atoms with Crippen LogP contribution >= 0.6 is 63.7 Å². The van der Waals surface area contributed by atoms with Gasteiger partial charge in [-0.15, -0.1) is 0 Å².